The van der Waals surface area contributed by atoms with Crippen LogP contribution in [0, 0.1) is 38.7 Å². The first-order valence-electron chi connectivity index (χ1n) is 13.3. The Kier molecular flexibility index (Phi) is 8.67. The Morgan fingerprint density at radius 3 is 2.21 bits per heavy atom. The van der Waals surface area contributed by atoms with Crippen molar-refractivity contribution in [2.75, 3.05) is 0 Å². The number of nitrogens with zero attached hydrogens (tertiary/aromatic N) is 3. The smallest absolute Gasteiger partial charge is 0.216 e. The average Bonchev–Trinajstić information content (AvgIpc) is 3.38. The SMILES string of the molecule is Cc1cnc(-c2[c-]ccc3c2oc2nc(-c4c(C)cccc4C)ccc23)cc1F.[Ir].[c-]1ccccc1-c1ccccn1. The van der Waals surface area contributed by atoms with Gasteiger partial charge in [0.2, 0.25) is 5.71 Å². The van der Waals surface area contributed by atoms with Gasteiger partial charge in [-0.1, -0.05) is 41.3 Å². The number of benzene rings is 3. The third kappa shape index (κ3) is 5.78. The van der Waals surface area contributed by atoms with Crippen molar-refractivity contribution in [3.63, 3.8) is 0 Å². The molecule has 0 unspecified atom stereocenters. The molecule has 0 aliphatic carbocycles. The summed E-state index contributed by atoms with van der Waals surface area (Å²) in [5.41, 5.74) is 9.13. The van der Waals surface area contributed by atoms with Gasteiger partial charge in [-0.2, -0.15) is 0 Å². The van der Waals surface area contributed by atoms with Gasteiger partial charge in [-0.15, -0.1) is 54.1 Å². The predicted molar refractivity (Wildman–Crippen MR) is 162 cm³/mol. The molecule has 0 fully saturated rings. The van der Waals surface area contributed by atoms with E-state index in [1.54, 1.807) is 13.1 Å². The van der Waals surface area contributed by atoms with Gasteiger partial charge >= 0.3 is 0 Å². The second-order valence-electron chi connectivity index (χ2n) is 9.82. The maximum atomic E-state index is 14.1. The van der Waals surface area contributed by atoms with Crippen LogP contribution in [0.15, 0.2) is 108 Å². The molecule has 6 heteroatoms. The van der Waals surface area contributed by atoms with Gasteiger partial charge in [0.1, 0.15) is 5.82 Å². The van der Waals surface area contributed by atoms with Crippen LogP contribution in [0.5, 0.6) is 0 Å². The normalized spacial score (nSPS) is 10.7. The molecule has 0 aliphatic rings. The molecule has 0 saturated carbocycles. The van der Waals surface area contributed by atoms with Gasteiger partial charge < -0.3 is 14.4 Å². The van der Waals surface area contributed by atoms with Crippen LogP contribution in [-0.4, -0.2) is 15.0 Å². The summed E-state index contributed by atoms with van der Waals surface area (Å²) in [6.07, 6.45) is 3.31. The van der Waals surface area contributed by atoms with Crippen LogP contribution in [0.2, 0.25) is 0 Å². The van der Waals surface area contributed by atoms with Crippen molar-refractivity contribution in [1.29, 1.82) is 0 Å². The topological polar surface area (TPSA) is 51.8 Å². The Balaban J connectivity index is 0.000000228. The van der Waals surface area contributed by atoms with Crippen molar-refractivity contribution in [3.8, 4) is 33.8 Å². The zero-order valence-corrected chi connectivity index (χ0v) is 25.7. The van der Waals surface area contributed by atoms with E-state index >= 15 is 0 Å². The van der Waals surface area contributed by atoms with Crippen LogP contribution in [0.4, 0.5) is 4.39 Å². The van der Waals surface area contributed by atoms with Crippen molar-refractivity contribution < 1.29 is 28.9 Å². The molecule has 0 spiro atoms. The molecular formula is C36H26FIrN3O-2. The summed E-state index contributed by atoms with van der Waals surface area (Å²) in [6.45, 7) is 5.85. The number of hydrogen-bond donors (Lipinski definition) is 0. The Morgan fingerprint density at radius 1 is 0.690 bits per heavy atom. The van der Waals surface area contributed by atoms with Crippen LogP contribution < -0.4 is 0 Å². The molecule has 1 radical (unpaired) electrons. The Hall–Kier alpha value is -4.51. The van der Waals surface area contributed by atoms with E-state index in [0.29, 0.717) is 28.1 Å². The molecule has 0 aliphatic heterocycles. The fourth-order valence-corrected chi connectivity index (χ4v) is 4.88. The van der Waals surface area contributed by atoms with Crippen LogP contribution in [-0.2, 0) is 20.1 Å². The summed E-state index contributed by atoms with van der Waals surface area (Å²) in [7, 11) is 0. The molecule has 4 aromatic heterocycles. The first kappa shape index (κ1) is 29.0. The molecule has 7 aromatic rings. The summed E-state index contributed by atoms with van der Waals surface area (Å²) in [6, 6.07) is 35.4. The number of furan rings is 1. The third-order valence-corrected chi connectivity index (χ3v) is 6.98. The van der Waals surface area contributed by atoms with Crippen molar-refractivity contribution in [2.45, 2.75) is 20.8 Å². The monoisotopic (exact) mass is 728 g/mol. The molecule has 0 amide bonds. The van der Waals surface area contributed by atoms with E-state index < -0.39 is 0 Å². The number of halogens is 1. The number of fused-ring (bicyclic) bond motifs is 3. The van der Waals surface area contributed by atoms with Gasteiger partial charge in [0.25, 0.3) is 0 Å². The van der Waals surface area contributed by atoms with Gasteiger partial charge in [-0.05, 0) is 67.6 Å². The zero-order valence-electron chi connectivity index (χ0n) is 23.3. The summed E-state index contributed by atoms with van der Waals surface area (Å²) < 4.78 is 20.2. The fourth-order valence-electron chi connectivity index (χ4n) is 4.88. The van der Waals surface area contributed by atoms with Crippen molar-refractivity contribution in [3.05, 3.63) is 138 Å². The molecule has 0 atom stereocenters. The zero-order chi connectivity index (χ0) is 28.3. The van der Waals surface area contributed by atoms with Gasteiger partial charge in [-0.3, -0.25) is 0 Å². The predicted octanol–water partition coefficient (Wildman–Crippen LogP) is 9.12. The molecule has 0 N–H and O–H groups in total. The minimum absolute atomic E-state index is 0. The molecule has 3 aromatic carbocycles. The maximum Gasteiger partial charge on any atom is 0.216 e. The first-order chi connectivity index (χ1) is 20.0. The van der Waals surface area contributed by atoms with Crippen LogP contribution >= 0.6 is 0 Å². The fraction of sp³-hybridized carbons (Fsp3) is 0.0833. The molecule has 0 bridgehead atoms. The Labute approximate surface area is 257 Å². The minimum atomic E-state index is -0.299. The van der Waals surface area contributed by atoms with Crippen LogP contribution in [0.3, 0.4) is 0 Å². The van der Waals surface area contributed by atoms with Gasteiger partial charge in [0.05, 0.1) is 11.3 Å². The van der Waals surface area contributed by atoms with E-state index in [2.05, 4.69) is 48.1 Å². The summed E-state index contributed by atoms with van der Waals surface area (Å²) >= 11 is 0. The van der Waals surface area contributed by atoms with Crippen molar-refractivity contribution in [2.24, 2.45) is 0 Å². The average molecular weight is 728 g/mol. The largest absolute Gasteiger partial charge is 0.486 e. The van der Waals surface area contributed by atoms with Crippen LogP contribution in [0.1, 0.15) is 16.7 Å². The number of pyridine rings is 3. The molecule has 4 nitrogen and oxygen atoms in total. The summed E-state index contributed by atoms with van der Waals surface area (Å²) in [5, 5.41) is 1.83. The minimum Gasteiger partial charge on any atom is -0.486 e. The van der Waals surface area contributed by atoms with Crippen LogP contribution in [0.25, 0.3) is 55.8 Å². The molecule has 0 saturated heterocycles. The van der Waals surface area contributed by atoms with Gasteiger partial charge in [0, 0.05) is 49.0 Å². The molecular weight excluding hydrogens is 702 g/mol. The molecule has 209 valence electrons. The van der Waals surface area contributed by atoms with Crippen molar-refractivity contribution in [1.82, 2.24) is 15.0 Å². The second-order valence-corrected chi connectivity index (χ2v) is 9.82. The van der Waals surface area contributed by atoms with E-state index in [1.165, 1.54) is 23.4 Å². The van der Waals surface area contributed by atoms with E-state index in [9.17, 15) is 4.39 Å². The quantitative estimate of drug-likeness (QED) is 0.171. The van der Waals surface area contributed by atoms with Gasteiger partial charge in [0.15, 0.2) is 0 Å². The summed E-state index contributed by atoms with van der Waals surface area (Å²) in [4.78, 5) is 13.4. The first-order valence-corrected chi connectivity index (χ1v) is 13.3. The number of aromatic nitrogens is 3. The second kappa shape index (κ2) is 12.6. The number of aryl methyl sites for hydroxylation is 3. The van der Waals surface area contributed by atoms with E-state index in [0.717, 1.165) is 33.3 Å². The Morgan fingerprint density at radius 2 is 1.50 bits per heavy atom. The van der Waals surface area contributed by atoms with E-state index in [-0.39, 0.29) is 25.9 Å². The number of hydrogen-bond acceptors (Lipinski definition) is 4. The third-order valence-electron chi connectivity index (χ3n) is 6.98. The summed E-state index contributed by atoms with van der Waals surface area (Å²) in [5.74, 6) is -0.299. The molecule has 42 heavy (non-hydrogen) atoms. The van der Waals surface area contributed by atoms with E-state index in [1.807, 2.05) is 72.8 Å². The maximum absolute atomic E-state index is 14.1. The standard InChI is InChI=1S/C25H18FN2O.C11H8N.Ir/c1-14-6-4-7-15(2)23(14)21-11-10-18-17-8-5-9-19(24(17)29-25(18)28-21)22-12-20(26)16(3)13-27-22;1-2-6-10(7-3-1)11-8-4-5-9-12-11;/h4-8,10-13H,1-3H3;1-6,8-9H;/q2*-1;. The number of rotatable bonds is 3. The Bertz CT molecular complexity index is 1930. The molecule has 7 rings (SSSR count). The van der Waals surface area contributed by atoms with E-state index in [4.69, 9.17) is 9.40 Å². The van der Waals surface area contributed by atoms with Crippen molar-refractivity contribution >= 4 is 22.1 Å². The molecule has 4 heterocycles. The van der Waals surface area contributed by atoms with Gasteiger partial charge in [-0.25, -0.2) is 9.37 Å².